The van der Waals surface area contributed by atoms with Gasteiger partial charge < -0.3 is 10.4 Å². The van der Waals surface area contributed by atoms with Crippen molar-refractivity contribution in [1.29, 1.82) is 0 Å². The van der Waals surface area contributed by atoms with Crippen molar-refractivity contribution < 1.29 is 5.11 Å². The lowest BCUT2D eigenvalue weighted by Gasteiger charge is -2.25. The van der Waals surface area contributed by atoms with Crippen LogP contribution in [0.3, 0.4) is 0 Å². The zero-order valence-electron chi connectivity index (χ0n) is 9.65. The van der Waals surface area contributed by atoms with Crippen molar-refractivity contribution in [3.05, 3.63) is 0 Å². The van der Waals surface area contributed by atoms with E-state index in [1.165, 1.54) is 0 Å². The molecule has 2 N–H and O–H groups in total. The van der Waals surface area contributed by atoms with Crippen molar-refractivity contribution in [2.24, 2.45) is 0 Å². The summed E-state index contributed by atoms with van der Waals surface area (Å²) in [5, 5.41) is 13.5. The minimum Gasteiger partial charge on any atom is -0.376 e. The number of rotatable bonds is 1. The fourth-order valence-electron chi connectivity index (χ4n) is 1.57. The number of aliphatic hydroxyl groups is 1. The summed E-state index contributed by atoms with van der Waals surface area (Å²) in [4.78, 5) is 0. The van der Waals surface area contributed by atoms with E-state index < -0.39 is 13.7 Å². The Kier molecular flexibility index (Phi) is 3.41. The Morgan fingerprint density at radius 1 is 1.43 bits per heavy atom. The Morgan fingerprint density at radius 3 is 2.50 bits per heavy atom. The minimum absolute atomic E-state index is 0.159. The van der Waals surface area contributed by atoms with Crippen LogP contribution in [0.25, 0.3) is 0 Å². The number of nitrogens with one attached hydrogen (secondary N) is 1. The number of hydrogen-bond acceptors (Lipinski definition) is 2. The molecule has 2 nitrogen and oxygen atoms in total. The maximum absolute atomic E-state index is 10.2. The first-order chi connectivity index (χ1) is 6.31. The van der Waals surface area contributed by atoms with Gasteiger partial charge >= 0.3 is 0 Å². The summed E-state index contributed by atoms with van der Waals surface area (Å²) in [6.07, 6.45) is 2.18. The molecule has 0 radical (unpaired) electrons. The summed E-state index contributed by atoms with van der Waals surface area (Å²) < 4.78 is 0. The molecule has 0 aliphatic carbocycles. The topological polar surface area (TPSA) is 32.3 Å². The summed E-state index contributed by atoms with van der Waals surface area (Å²) >= 11 is 0. The van der Waals surface area contributed by atoms with Gasteiger partial charge in [0.2, 0.25) is 0 Å². The smallest absolute Gasteiger partial charge is 0.137 e. The predicted octanol–water partition coefficient (Wildman–Crippen LogP) is 1.37. The Hall–Kier alpha value is -0.303. The van der Waals surface area contributed by atoms with Crippen LogP contribution in [0.15, 0.2) is 0 Å². The van der Waals surface area contributed by atoms with Crippen LogP contribution in [0, 0.1) is 11.5 Å². The molecule has 0 bridgehead atoms. The Labute approximate surface area is 88.1 Å². The van der Waals surface area contributed by atoms with E-state index in [9.17, 15) is 5.11 Å². The van der Waals surface area contributed by atoms with Crippen LogP contribution in [-0.2, 0) is 0 Å². The molecule has 1 aliphatic rings. The number of hydrogen-bond donors (Lipinski definition) is 2. The molecule has 0 aromatic carbocycles. The second-order valence-corrected chi connectivity index (χ2v) is 10.0. The summed E-state index contributed by atoms with van der Waals surface area (Å²) in [7, 11) is -1.37. The van der Waals surface area contributed by atoms with E-state index in [1.807, 2.05) is 6.92 Å². The van der Waals surface area contributed by atoms with E-state index in [0.717, 1.165) is 19.4 Å². The van der Waals surface area contributed by atoms with Crippen molar-refractivity contribution in [2.45, 2.75) is 51.0 Å². The Bertz CT molecular complexity index is 251. The van der Waals surface area contributed by atoms with E-state index in [2.05, 4.69) is 36.4 Å². The molecular formula is C11H21NOSi. The van der Waals surface area contributed by atoms with Crippen molar-refractivity contribution in [3.8, 4) is 11.5 Å². The van der Waals surface area contributed by atoms with Crippen molar-refractivity contribution in [1.82, 2.24) is 5.32 Å². The van der Waals surface area contributed by atoms with Crippen LogP contribution in [-0.4, -0.2) is 31.4 Å². The van der Waals surface area contributed by atoms with Gasteiger partial charge in [-0.05, 0) is 26.3 Å². The van der Waals surface area contributed by atoms with E-state index in [4.69, 9.17) is 0 Å². The van der Waals surface area contributed by atoms with Gasteiger partial charge in [0.15, 0.2) is 0 Å². The molecule has 1 fully saturated rings. The highest BCUT2D eigenvalue weighted by molar-refractivity contribution is 6.83. The van der Waals surface area contributed by atoms with Gasteiger partial charge in [0.05, 0.1) is 0 Å². The van der Waals surface area contributed by atoms with Gasteiger partial charge in [-0.3, -0.25) is 0 Å². The maximum Gasteiger partial charge on any atom is 0.137 e. The molecule has 0 aromatic heterocycles. The fraction of sp³-hybridized carbons (Fsp3) is 0.818. The molecule has 80 valence electrons. The standard InChI is InChI=1S/C11H21NOSi/c1-11(13,7-9-14(2,3)4)10-6-5-8-12-10/h10,12-13H,5-6,8H2,1-4H3/t10-,11-/m0/s1. The van der Waals surface area contributed by atoms with Gasteiger partial charge in [-0.15, -0.1) is 5.54 Å². The monoisotopic (exact) mass is 211 g/mol. The zero-order chi connectivity index (χ0) is 10.8. The second kappa shape index (κ2) is 4.06. The zero-order valence-corrected chi connectivity index (χ0v) is 10.6. The first-order valence-electron chi connectivity index (χ1n) is 5.31. The fourth-order valence-corrected chi connectivity index (χ4v) is 2.19. The van der Waals surface area contributed by atoms with Crippen molar-refractivity contribution >= 4 is 8.07 Å². The third kappa shape index (κ3) is 3.45. The molecule has 0 spiro atoms. The molecule has 0 unspecified atom stereocenters. The average Bonchev–Trinajstić information content (AvgIpc) is 2.52. The third-order valence-corrected chi connectivity index (χ3v) is 3.30. The SMILES string of the molecule is C[C@](O)(C#C[Si](C)(C)C)[C@@H]1CCCN1. The molecule has 0 saturated carbocycles. The van der Waals surface area contributed by atoms with Gasteiger partial charge in [0.1, 0.15) is 13.7 Å². The summed E-state index contributed by atoms with van der Waals surface area (Å²) in [6, 6.07) is 0.159. The Morgan fingerprint density at radius 2 is 2.07 bits per heavy atom. The molecule has 1 aliphatic heterocycles. The molecule has 1 saturated heterocycles. The lowest BCUT2D eigenvalue weighted by molar-refractivity contribution is 0.0843. The van der Waals surface area contributed by atoms with Gasteiger partial charge in [-0.1, -0.05) is 25.6 Å². The molecule has 1 heterocycles. The van der Waals surface area contributed by atoms with Gasteiger partial charge in [0, 0.05) is 6.04 Å². The molecule has 0 aromatic rings. The predicted molar refractivity (Wildman–Crippen MR) is 62.8 cm³/mol. The average molecular weight is 211 g/mol. The van der Waals surface area contributed by atoms with Crippen molar-refractivity contribution in [2.75, 3.05) is 6.54 Å². The summed E-state index contributed by atoms with van der Waals surface area (Å²) in [5.41, 5.74) is 2.39. The third-order valence-electron chi connectivity index (χ3n) is 2.43. The first-order valence-corrected chi connectivity index (χ1v) is 8.81. The van der Waals surface area contributed by atoms with Crippen LogP contribution in [0.4, 0.5) is 0 Å². The van der Waals surface area contributed by atoms with Crippen LogP contribution in [0.5, 0.6) is 0 Å². The van der Waals surface area contributed by atoms with Crippen LogP contribution < -0.4 is 5.32 Å². The molecular weight excluding hydrogens is 190 g/mol. The molecule has 2 atom stereocenters. The lowest BCUT2D eigenvalue weighted by Crippen LogP contribution is -2.44. The van der Waals surface area contributed by atoms with Crippen LogP contribution in [0.2, 0.25) is 19.6 Å². The maximum atomic E-state index is 10.2. The minimum atomic E-state index is -1.37. The lowest BCUT2D eigenvalue weighted by atomic mass is 9.96. The second-order valence-electron chi connectivity index (χ2n) is 5.30. The van der Waals surface area contributed by atoms with Gasteiger partial charge in [0.25, 0.3) is 0 Å². The summed E-state index contributed by atoms with van der Waals surface area (Å²) in [5.74, 6) is 3.05. The van der Waals surface area contributed by atoms with E-state index in [1.54, 1.807) is 0 Å². The molecule has 1 rings (SSSR count). The highest BCUT2D eigenvalue weighted by atomic mass is 28.3. The molecule has 3 heteroatoms. The molecule has 0 amide bonds. The van der Waals surface area contributed by atoms with E-state index in [-0.39, 0.29) is 6.04 Å². The first kappa shape index (κ1) is 11.8. The van der Waals surface area contributed by atoms with Gasteiger partial charge in [-0.25, -0.2) is 0 Å². The van der Waals surface area contributed by atoms with Crippen LogP contribution >= 0.6 is 0 Å². The van der Waals surface area contributed by atoms with E-state index in [0.29, 0.717) is 0 Å². The van der Waals surface area contributed by atoms with Crippen LogP contribution in [0.1, 0.15) is 19.8 Å². The van der Waals surface area contributed by atoms with E-state index >= 15 is 0 Å². The highest BCUT2D eigenvalue weighted by Gasteiger charge is 2.32. The Balaban J connectivity index is 2.68. The highest BCUT2D eigenvalue weighted by Crippen LogP contribution is 2.18. The molecule has 14 heavy (non-hydrogen) atoms. The largest absolute Gasteiger partial charge is 0.376 e. The van der Waals surface area contributed by atoms with Gasteiger partial charge in [-0.2, -0.15) is 0 Å². The van der Waals surface area contributed by atoms with Crippen molar-refractivity contribution in [3.63, 3.8) is 0 Å². The quantitative estimate of drug-likeness (QED) is 0.507. The summed E-state index contributed by atoms with van der Waals surface area (Å²) in [6.45, 7) is 9.41. The normalized spacial score (nSPS) is 26.5.